The Morgan fingerprint density at radius 3 is 2.36 bits per heavy atom. The predicted molar refractivity (Wildman–Crippen MR) is 46.1 cm³/mol. The fourth-order valence-corrected chi connectivity index (χ4v) is 1.64. The highest BCUT2D eigenvalue weighted by Gasteiger charge is 2.18. The van der Waals surface area contributed by atoms with Crippen LogP contribution in [0.2, 0.25) is 5.02 Å². The normalized spacial score (nSPS) is 11.3. The van der Waals surface area contributed by atoms with Crippen molar-refractivity contribution < 1.29 is 17.9 Å². The van der Waals surface area contributed by atoms with Crippen molar-refractivity contribution in [3.63, 3.8) is 0 Å². The molecule has 0 aliphatic carbocycles. The van der Waals surface area contributed by atoms with E-state index in [-0.39, 0.29) is 5.02 Å². The average Bonchev–Trinajstić information content (AvgIpc) is 2.01. The zero-order valence-corrected chi connectivity index (χ0v) is 8.08. The molecule has 0 amide bonds. The van der Waals surface area contributed by atoms with Crippen LogP contribution in [0.4, 0.5) is 5.69 Å². The summed E-state index contributed by atoms with van der Waals surface area (Å²) in [6.45, 7) is 0. The third-order valence-corrected chi connectivity index (χ3v) is 2.51. The molecular weight excluding hydrogens is 234 g/mol. The number of nitro benzene ring substituents is 1. The van der Waals surface area contributed by atoms with E-state index in [2.05, 4.69) is 0 Å². The maximum atomic E-state index is 10.6. The third kappa shape index (κ3) is 2.19. The largest absolute Gasteiger partial charge is 0.744 e. The van der Waals surface area contributed by atoms with Gasteiger partial charge < -0.3 is 4.55 Å². The number of nitro groups is 1. The third-order valence-electron chi connectivity index (χ3n) is 1.39. The molecule has 0 heterocycles. The van der Waals surface area contributed by atoms with Crippen LogP contribution >= 0.6 is 11.6 Å². The summed E-state index contributed by atoms with van der Waals surface area (Å²) in [5, 5.41) is 10.4. The maximum Gasteiger partial charge on any atom is 0.288 e. The molecule has 0 fully saturated rings. The Hall–Kier alpha value is -1.18. The molecule has 0 bridgehead atoms. The quantitative estimate of drug-likeness (QED) is 0.436. The first-order valence-corrected chi connectivity index (χ1v) is 5.01. The summed E-state index contributed by atoms with van der Waals surface area (Å²) in [6, 6.07) is 2.72. The number of rotatable bonds is 2. The van der Waals surface area contributed by atoms with Crippen molar-refractivity contribution in [2.75, 3.05) is 0 Å². The molecule has 0 saturated heterocycles. The Morgan fingerprint density at radius 2 is 1.93 bits per heavy atom. The number of hydrogen-bond acceptors (Lipinski definition) is 5. The summed E-state index contributed by atoms with van der Waals surface area (Å²) in [5.74, 6) is 0. The van der Waals surface area contributed by atoms with Crippen LogP contribution in [0.3, 0.4) is 0 Å². The van der Waals surface area contributed by atoms with E-state index in [1.807, 2.05) is 0 Å². The smallest absolute Gasteiger partial charge is 0.288 e. The van der Waals surface area contributed by atoms with Gasteiger partial charge in [0.15, 0.2) is 0 Å². The maximum absolute atomic E-state index is 10.6. The van der Waals surface area contributed by atoms with Gasteiger partial charge in [-0.25, -0.2) is 8.42 Å². The van der Waals surface area contributed by atoms with Crippen LogP contribution in [0.15, 0.2) is 23.1 Å². The van der Waals surface area contributed by atoms with E-state index < -0.39 is 25.6 Å². The minimum atomic E-state index is -4.85. The Kier molecular flexibility index (Phi) is 2.74. The Labute approximate surface area is 84.0 Å². The van der Waals surface area contributed by atoms with Gasteiger partial charge in [-0.15, -0.1) is 0 Å². The molecule has 76 valence electrons. The van der Waals surface area contributed by atoms with Gasteiger partial charge in [0.1, 0.15) is 15.0 Å². The molecule has 0 atom stereocenters. The molecule has 0 N–H and O–H groups in total. The fraction of sp³-hybridized carbons (Fsp3) is 0. The van der Waals surface area contributed by atoms with Crippen molar-refractivity contribution in [3.05, 3.63) is 33.3 Å². The summed E-state index contributed by atoms with van der Waals surface area (Å²) in [6.07, 6.45) is 0. The molecule has 14 heavy (non-hydrogen) atoms. The zero-order chi connectivity index (χ0) is 10.9. The highest BCUT2D eigenvalue weighted by molar-refractivity contribution is 7.85. The van der Waals surface area contributed by atoms with Crippen molar-refractivity contribution in [2.24, 2.45) is 0 Å². The summed E-state index contributed by atoms with van der Waals surface area (Å²) in [7, 11) is -4.85. The second-order valence-corrected chi connectivity index (χ2v) is 4.11. The minimum Gasteiger partial charge on any atom is -0.744 e. The van der Waals surface area contributed by atoms with E-state index in [9.17, 15) is 23.1 Å². The molecule has 0 unspecified atom stereocenters. The Bertz CT molecular complexity index is 483. The minimum absolute atomic E-state index is 0.0101. The molecule has 1 rings (SSSR count). The number of halogens is 1. The standard InChI is InChI=1S/C6H4ClNO5S/c7-4-1-2-6(14(11,12)13)5(3-4)8(9)10/h1-3H,(H,11,12,13)/p-1. The molecule has 0 aliphatic rings. The lowest BCUT2D eigenvalue weighted by molar-refractivity contribution is -0.387. The fourth-order valence-electron chi connectivity index (χ4n) is 0.845. The van der Waals surface area contributed by atoms with Gasteiger partial charge in [-0.2, -0.15) is 0 Å². The lowest BCUT2D eigenvalue weighted by atomic mass is 10.3. The molecule has 8 heteroatoms. The molecule has 0 radical (unpaired) electrons. The monoisotopic (exact) mass is 236 g/mol. The van der Waals surface area contributed by atoms with Gasteiger partial charge in [0.05, 0.1) is 4.92 Å². The van der Waals surface area contributed by atoms with Crippen LogP contribution in [0.5, 0.6) is 0 Å². The number of hydrogen-bond donors (Lipinski definition) is 0. The summed E-state index contributed by atoms with van der Waals surface area (Å²) in [5.41, 5.74) is -0.812. The first-order chi connectivity index (χ1) is 6.32. The van der Waals surface area contributed by atoms with Gasteiger partial charge >= 0.3 is 0 Å². The van der Waals surface area contributed by atoms with E-state index in [4.69, 9.17) is 11.6 Å². The SMILES string of the molecule is O=[N+]([O-])c1cc(Cl)ccc1S(=O)(=O)[O-]. The number of nitrogens with zero attached hydrogens (tertiary/aromatic N) is 1. The van der Waals surface area contributed by atoms with Crippen molar-refractivity contribution in [3.8, 4) is 0 Å². The van der Waals surface area contributed by atoms with Gasteiger partial charge in [-0.05, 0) is 12.1 Å². The first-order valence-electron chi connectivity index (χ1n) is 3.22. The molecule has 0 aromatic heterocycles. The average molecular weight is 237 g/mol. The van der Waals surface area contributed by atoms with Gasteiger partial charge in [-0.1, -0.05) is 11.6 Å². The van der Waals surface area contributed by atoms with Crippen LogP contribution in [0.1, 0.15) is 0 Å². The summed E-state index contributed by atoms with van der Waals surface area (Å²) >= 11 is 5.41. The van der Waals surface area contributed by atoms with Crippen molar-refractivity contribution in [2.45, 2.75) is 4.90 Å². The van der Waals surface area contributed by atoms with Crippen LogP contribution in [-0.2, 0) is 10.1 Å². The molecule has 6 nitrogen and oxygen atoms in total. The molecule has 0 saturated carbocycles. The van der Waals surface area contributed by atoms with E-state index in [1.54, 1.807) is 0 Å². The van der Waals surface area contributed by atoms with Gasteiger partial charge in [0.25, 0.3) is 5.69 Å². The molecule has 0 spiro atoms. The first kappa shape index (κ1) is 10.9. The van der Waals surface area contributed by atoms with E-state index in [0.717, 1.165) is 18.2 Å². The lowest BCUT2D eigenvalue weighted by Gasteiger charge is -2.06. The molecule has 0 aliphatic heterocycles. The van der Waals surface area contributed by atoms with Crippen molar-refractivity contribution >= 4 is 27.4 Å². The van der Waals surface area contributed by atoms with E-state index in [0.29, 0.717) is 0 Å². The highest BCUT2D eigenvalue weighted by Crippen LogP contribution is 2.26. The van der Waals surface area contributed by atoms with Crippen molar-refractivity contribution in [1.82, 2.24) is 0 Å². The zero-order valence-electron chi connectivity index (χ0n) is 6.51. The topological polar surface area (TPSA) is 100 Å². The van der Waals surface area contributed by atoms with Gasteiger partial charge in [-0.3, -0.25) is 10.1 Å². The second-order valence-electron chi connectivity index (χ2n) is 2.32. The molecule has 1 aromatic rings. The van der Waals surface area contributed by atoms with Crippen molar-refractivity contribution in [1.29, 1.82) is 0 Å². The van der Waals surface area contributed by atoms with E-state index in [1.165, 1.54) is 0 Å². The Morgan fingerprint density at radius 1 is 1.36 bits per heavy atom. The molecular formula is C6H3ClNO5S-. The predicted octanol–water partition coefficient (Wildman–Crippen LogP) is 1.15. The summed E-state index contributed by atoms with van der Waals surface area (Å²) in [4.78, 5) is 8.51. The van der Waals surface area contributed by atoms with Crippen LogP contribution in [-0.4, -0.2) is 17.9 Å². The Balaban J connectivity index is 3.53. The number of benzene rings is 1. The van der Waals surface area contributed by atoms with Crippen LogP contribution in [0.25, 0.3) is 0 Å². The van der Waals surface area contributed by atoms with Crippen LogP contribution in [0, 0.1) is 10.1 Å². The molecule has 1 aromatic carbocycles. The lowest BCUT2D eigenvalue weighted by Crippen LogP contribution is -2.03. The van der Waals surface area contributed by atoms with Gasteiger partial charge in [0, 0.05) is 11.1 Å². The summed E-state index contributed by atoms with van der Waals surface area (Å²) < 4.78 is 31.7. The van der Waals surface area contributed by atoms with Gasteiger partial charge in [0.2, 0.25) is 0 Å². The van der Waals surface area contributed by atoms with Crippen LogP contribution < -0.4 is 0 Å². The van der Waals surface area contributed by atoms with E-state index >= 15 is 0 Å². The highest BCUT2D eigenvalue weighted by atomic mass is 35.5. The second kappa shape index (κ2) is 3.52.